The highest BCUT2D eigenvalue weighted by molar-refractivity contribution is 9.10. The third-order valence-electron chi connectivity index (χ3n) is 9.58. The molecule has 0 saturated heterocycles. The van der Waals surface area contributed by atoms with Gasteiger partial charge in [-0.25, -0.2) is 0 Å². The van der Waals surface area contributed by atoms with E-state index in [1.54, 1.807) is 0 Å². The summed E-state index contributed by atoms with van der Waals surface area (Å²) in [6, 6.07) is 48.6. The maximum Gasteiger partial charge on any atom is 0.169 e. The molecule has 0 saturated carbocycles. The summed E-state index contributed by atoms with van der Waals surface area (Å²) in [6.45, 7) is 0. The second-order valence-electron chi connectivity index (χ2n) is 11.5. The molecule has 2 aromatic heterocycles. The minimum atomic E-state index is -0.394. The third kappa shape index (κ3) is 2.84. The summed E-state index contributed by atoms with van der Waals surface area (Å²) in [7, 11) is 0. The highest BCUT2D eigenvalue weighted by Crippen LogP contribution is 2.63. The number of nitrogens with zero attached hydrogens (tertiary/aromatic N) is 3. The van der Waals surface area contributed by atoms with Gasteiger partial charge in [-0.3, -0.25) is 4.40 Å². The Labute approximate surface area is 256 Å². The SMILES string of the molecule is Brc1ccc2c(c1)c1ccccc1c1nnc(-c3ccc4c(c3)C3(c5ccccc5-c5ccccc53)c3ccccc3-4)n21. The molecule has 0 atom stereocenters. The van der Waals surface area contributed by atoms with E-state index in [0.717, 1.165) is 32.4 Å². The molecule has 10 rings (SSSR count). The van der Waals surface area contributed by atoms with E-state index in [1.807, 2.05) is 0 Å². The number of aromatic nitrogens is 3. The molecule has 1 spiro atoms. The maximum absolute atomic E-state index is 4.87. The topological polar surface area (TPSA) is 30.2 Å². The summed E-state index contributed by atoms with van der Waals surface area (Å²) in [5.41, 5.74) is 13.1. The second kappa shape index (κ2) is 8.27. The van der Waals surface area contributed by atoms with Gasteiger partial charge in [-0.1, -0.05) is 125 Å². The van der Waals surface area contributed by atoms with Crippen LogP contribution in [0.5, 0.6) is 0 Å². The highest BCUT2D eigenvalue weighted by atomic mass is 79.9. The van der Waals surface area contributed by atoms with Gasteiger partial charge in [0.25, 0.3) is 0 Å². The van der Waals surface area contributed by atoms with Crippen LogP contribution in [0.25, 0.3) is 61.0 Å². The molecule has 0 fully saturated rings. The zero-order valence-electron chi connectivity index (χ0n) is 22.9. The van der Waals surface area contributed by atoms with Gasteiger partial charge in [-0.2, -0.15) is 0 Å². The molecular formula is C39H22BrN3. The lowest BCUT2D eigenvalue weighted by Crippen LogP contribution is -2.25. The predicted octanol–water partition coefficient (Wildman–Crippen LogP) is 9.81. The van der Waals surface area contributed by atoms with Gasteiger partial charge in [0.15, 0.2) is 11.5 Å². The molecular weight excluding hydrogens is 590 g/mol. The van der Waals surface area contributed by atoms with Crippen LogP contribution in [-0.4, -0.2) is 14.6 Å². The van der Waals surface area contributed by atoms with E-state index >= 15 is 0 Å². The third-order valence-corrected chi connectivity index (χ3v) is 10.1. The van der Waals surface area contributed by atoms with E-state index in [-0.39, 0.29) is 0 Å². The molecule has 0 radical (unpaired) electrons. The molecule has 0 unspecified atom stereocenters. The fourth-order valence-electron chi connectivity index (χ4n) is 7.94. The first-order chi connectivity index (χ1) is 21.2. The molecule has 2 aliphatic rings. The van der Waals surface area contributed by atoms with Crippen molar-refractivity contribution in [3.63, 3.8) is 0 Å². The molecule has 8 aromatic rings. The first-order valence-corrected chi connectivity index (χ1v) is 15.3. The average Bonchev–Trinajstić information content (AvgIpc) is 3.72. The fraction of sp³-hybridized carbons (Fsp3) is 0.0256. The summed E-state index contributed by atoms with van der Waals surface area (Å²) in [5, 5.41) is 13.1. The molecule has 0 amide bonds. The van der Waals surface area contributed by atoms with Gasteiger partial charge in [0.05, 0.1) is 10.9 Å². The molecule has 3 nitrogen and oxygen atoms in total. The van der Waals surface area contributed by atoms with E-state index in [0.29, 0.717) is 0 Å². The number of benzene rings is 6. The van der Waals surface area contributed by atoms with E-state index in [9.17, 15) is 0 Å². The minimum absolute atomic E-state index is 0.394. The Morgan fingerprint density at radius 3 is 1.74 bits per heavy atom. The molecule has 2 heterocycles. The van der Waals surface area contributed by atoms with Crippen molar-refractivity contribution in [2.75, 3.05) is 0 Å². The van der Waals surface area contributed by atoms with Gasteiger partial charge < -0.3 is 0 Å². The first-order valence-electron chi connectivity index (χ1n) is 14.5. The van der Waals surface area contributed by atoms with Gasteiger partial charge in [-0.15, -0.1) is 10.2 Å². The van der Waals surface area contributed by atoms with Gasteiger partial charge in [0, 0.05) is 20.8 Å². The van der Waals surface area contributed by atoms with Crippen LogP contribution in [0.4, 0.5) is 0 Å². The van der Waals surface area contributed by atoms with E-state index in [2.05, 4.69) is 154 Å². The van der Waals surface area contributed by atoms with Gasteiger partial charge in [0.2, 0.25) is 0 Å². The van der Waals surface area contributed by atoms with Gasteiger partial charge in [0.1, 0.15) is 0 Å². The summed E-state index contributed by atoms with van der Waals surface area (Å²) in [5.74, 6) is 0.849. The summed E-state index contributed by atoms with van der Waals surface area (Å²) in [6.07, 6.45) is 0. The van der Waals surface area contributed by atoms with Crippen LogP contribution < -0.4 is 0 Å². The van der Waals surface area contributed by atoms with Crippen molar-refractivity contribution in [1.82, 2.24) is 14.6 Å². The van der Waals surface area contributed by atoms with Crippen molar-refractivity contribution >= 4 is 43.3 Å². The Morgan fingerprint density at radius 1 is 0.488 bits per heavy atom. The second-order valence-corrected chi connectivity index (χ2v) is 12.5. The smallest absolute Gasteiger partial charge is 0.169 e. The molecule has 200 valence electrons. The maximum atomic E-state index is 4.87. The lowest BCUT2D eigenvalue weighted by Gasteiger charge is -2.30. The first kappa shape index (κ1) is 23.5. The molecule has 0 N–H and O–H groups in total. The van der Waals surface area contributed by atoms with Crippen molar-refractivity contribution in [2.45, 2.75) is 5.41 Å². The van der Waals surface area contributed by atoms with Gasteiger partial charge in [-0.05, 0) is 74.2 Å². The quantitative estimate of drug-likeness (QED) is 0.173. The van der Waals surface area contributed by atoms with Crippen LogP contribution >= 0.6 is 15.9 Å². The van der Waals surface area contributed by atoms with Crippen LogP contribution in [0.1, 0.15) is 22.3 Å². The molecule has 4 heteroatoms. The van der Waals surface area contributed by atoms with Crippen molar-refractivity contribution in [3.05, 3.63) is 160 Å². The number of hydrogen-bond acceptors (Lipinski definition) is 2. The van der Waals surface area contributed by atoms with Gasteiger partial charge >= 0.3 is 0 Å². The van der Waals surface area contributed by atoms with Crippen LogP contribution in [0.15, 0.2) is 138 Å². The van der Waals surface area contributed by atoms with Crippen molar-refractivity contribution in [3.8, 4) is 33.6 Å². The van der Waals surface area contributed by atoms with Crippen LogP contribution in [-0.2, 0) is 5.41 Å². The van der Waals surface area contributed by atoms with Crippen molar-refractivity contribution < 1.29 is 0 Å². The normalized spacial score (nSPS) is 13.9. The molecule has 0 bridgehead atoms. The number of pyridine rings is 1. The Hall–Kier alpha value is -5.06. The Kier molecular flexibility index (Phi) is 4.52. The summed E-state index contributed by atoms with van der Waals surface area (Å²) in [4.78, 5) is 0. The highest BCUT2D eigenvalue weighted by Gasteiger charge is 2.51. The zero-order valence-corrected chi connectivity index (χ0v) is 24.5. The summed E-state index contributed by atoms with van der Waals surface area (Å²) >= 11 is 3.70. The zero-order chi connectivity index (χ0) is 28.3. The van der Waals surface area contributed by atoms with Crippen LogP contribution in [0, 0.1) is 0 Å². The Balaban J connectivity index is 1.32. The number of rotatable bonds is 1. The van der Waals surface area contributed by atoms with E-state index in [1.165, 1.54) is 55.3 Å². The molecule has 2 aliphatic carbocycles. The van der Waals surface area contributed by atoms with E-state index in [4.69, 9.17) is 10.2 Å². The lowest BCUT2D eigenvalue weighted by molar-refractivity contribution is 0.794. The Bertz CT molecular complexity index is 2430. The number of fused-ring (bicyclic) bond motifs is 16. The average molecular weight is 613 g/mol. The predicted molar refractivity (Wildman–Crippen MR) is 177 cm³/mol. The minimum Gasteiger partial charge on any atom is -0.274 e. The lowest BCUT2D eigenvalue weighted by atomic mass is 9.70. The van der Waals surface area contributed by atoms with Crippen LogP contribution in [0.2, 0.25) is 0 Å². The van der Waals surface area contributed by atoms with E-state index < -0.39 is 5.41 Å². The standard InChI is InChI=1S/C39H22BrN3/c40-24-18-20-36-31(22-24)25-9-1-2-13-30(25)38-42-41-37(43(36)38)23-17-19-29-28-12-5-8-16-34(28)39(35(29)21-23)32-14-6-3-10-26(32)27-11-4-7-15-33(27)39/h1-22H. The van der Waals surface area contributed by atoms with Crippen molar-refractivity contribution in [1.29, 1.82) is 0 Å². The number of hydrogen-bond donors (Lipinski definition) is 0. The molecule has 43 heavy (non-hydrogen) atoms. The molecule has 0 aliphatic heterocycles. The largest absolute Gasteiger partial charge is 0.274 e. The monoisotopic (exact) mass is 611 g/mol. The summed E-state index contributed by atoms with van der Waals surface area (Å²) < 4.78 is 3.28. The van der Waals surface area contributed by atoms with Crippen molar-refractivity contribution in [2.24, 2.45) is 0 Å². The number of halogens is 1. The molecule has 6 aromatic carbocycles. The fourth-order valence-corrected chi connectivity index (χ4v) is 8.30. The Morgan fingerprint density at radius 2 is 1.07 bits per heavy atom. The van der Waals surface area contributed by atoms with Crippen LogP contribution in [0.3, 0.4) is 0 Å².